The molecule has 0 bridgehead atoms. The van der Waals surface area contributed by atoms with E-state index < -0.39 is 0 Å². The Morgan fingerprint density at radius 1 is 1.26 bits per heavy atom. The van der Waals surface area contributed by atoms with E-state index in [0.717, 1.165) is 10.2 Å². The van der Waals surface area contributed by atoms with Crippen molar-refractivity contribution in [3.05, 3.63) is 47.5 Å². The Hall–Kier alpha value is -2.93. The van der Waals surface area contributed by atoms with Crippen molar-refractivity contribution in [2.45, 2.75) is 0 Å². The van der Waals surface area contributed by atoms with Crippen LogP contribution in [0.5, 0.6) is 5.75 Å². The monoisotopic (exact) mass is 325 g/mol. The Labute approximate surface area is 135 Å². The Morgan fingerprint density at radius 3 is 3.09 bits per heavy atom. The van der Waals surface area contributed by atoms with E-state index in [-0.39, 0.29) is 18.4 Å². The molecule has 0 unspecified atom stereocenters. The molecule has 1 aromatic heterocycles. The molecule has 6 nitrogen and oxygen atoms in total. The average Bonchev–Trinajstić information content (AvgIpc) is 3.02. The van der Waals surface area contributed by atoms with Gasteiger partial charge in [-0.3, -0.25) is 9.59 Å². The molecule has 4 rings (SSSR count). The third-order valence-corrected chi connectivity index (χ3v) is 4.26. The molecule has 2 heterocycles. The number of thiazole rings is 1. The predicted octanol–water partition coefficient (Wildman–Crippen LogP) is 2.88. The van der Waals surface area contributed by atoms with Crippen LogP contribution in [0.2, 0.25) is 0 Å². The van der Waals surface area contributed by atoms with Gasteiger partial charge in [-0.25, -0.2) is 4.98 Å². The largest absolute Gasteiger partial charge is 0.482 e. The number of benzene rings is 2. The van der Waals surface area contributed by atoms with Gasteiger partial charge in [-0.1, -0.05) is 0 Å². The van der Waals surface area contributed by atoms with E-state index in [9.17, 15) is 9.59 Å². The van der Waals surface area contributed by atoms with E-state index in [1.54, 1.807) is 29.8 Å². The molecule has 0 spiro atoms. The van der Waals surface area contributed by atoms with Crippen LogP contribution in [0.1, 0.15) is 10.4 Å². The maximum absolute atomic E-state index is 12.4. The first-order valence-electron chi connectivity index (χ1n) is 6.90. The zero-order chi connectivity index (χ0) is 15.8. The summed E-state index contributed by atoms with van der Waals surface area (Å²) in [7, 11) is 0. The van der Waals surface area contributed by atoms with Crippen LogP contribution in [-0.2, 0) is 4.79 Å². The van der Waals surface area contributed by atoms with Crippen molar-refractivity contribution in [2.24, 2.45) is 0 Å². The molecule has 2 N–H and O–H groups in total. The minimum absolute atomic E-state index is 0.0214. The first-order chi connectivity index (χ1) is 11.2. The summed E-state index contributed by atoms with van der Waals surface area (Å²) in [5.74, 6) is 0.146. The number of nitrogens with one attached hydrogen (secondary N) is 2. The summed E-state index contributed by atoms with van der Waals surface area (Å²) in [6, 6.07) is 10.5. The number of carbonyl (C=O) groups excluding carboxylic acids is 2. The van der Waals surface area contributed by atoms with Gasteiger partial charge in [0.1, 0.15) is 5.75 Å². The number of fused-ring (bicyclic) bond motifs is 2. The maximum Gasteiger partial charge on any atom is 0.262 e. The van der Waals surface area contributed by atoms with Gasteiger partial charge in [0.2, 0.25) is 0 Å². The van der Waals surface area contributed by atoms with Crippen molar-refractivity contribution >= 4 is 44.7 Å². The summed E-state index contributed by atoms with van der Waals surface area (Å²) in [5, 5.41) is 5.54. The molecule has 114 valence electrons. The van der Waals surface area contributed by atoms with Gasteiger partial charge in [0.05, 0.1) is 21.4 Å². The summed E-state index contributed by atoms with van der Waals surface area (Å²) in [5.41, 5.74) is 4.40. The number of aromatic nitrogens is 1. The highest BCUT2D eigenvalue weighted by molar-refractivity contribution is 7.16. The molecule has 1 aliphatic rings. The van der Waals surface area contributed by atoms with Crippen LogP contribution in [0.25, 0.3) is 10.2 Å². The number of ether oxygens (including phenoxy) is 1. The fraction of sp³-hybridized carbons (Fsp3) is 0.0625. The van der Waals surface area contributed by atoms with Crippen molar-refractivity contribution in [1.82, 2.24) is 4.98 Å². The first-order valence-corrected chi connectivity index (χ1v) is 7.78. The summed E-state index contributed by atoms with van der Waals surface area (Å²) in [4.78, 5) is 27.8. The molecule has 1 aliphatic heterocycles. The quantitative estimate of drug-likeness (QED) is 0.759. The molecule has 7 heteroatoms. The number of carbonyl (C=O) groups is 2. The molecule has 23 heavy (non-hydrogen) atoms. The number of amides is 2. The Bertz CT molecular complexity index is 935. The lowest BCUT2D eigenvalue weighted by molar-refractivity contribution is -0.118. The molecule has 0 radical (unpaired) electrons. The van der Waals surface area contributed by atoms with Gasteiger partial charge < -0.3 is 15.4 Å². The molecular formula is C16H11N3O3S. The minimum atomic E-state index is -0.208. The molecule has 0 aliphatic carbocycles. The Morgan fingerprint density at radius 2 is 2.17 bits per heavy atom. The summed E-state index contributed by atoms with van der Waals surface area (Å²) in [6.45, 7) is -0.0214. The number of hydrogen-bond acceptors (Lipinski definition) is 5. The SMILES string of the molecule is O=C1COc2cc(NC(=O)c3ccc4ncsc4c3)ccc2N1. The van der Waals surface area contributed by atoms with Crippen LogP contribution >= 0.6 is 11.3 Å². The van der Waals surface area contributed by atoms with Crippen molar-refractivity contribution in [2.75, 3.05) is 17.2 Å². The third-order valence-electron chi connectivity index (χ3n) is 3.47. The molecule has 2 aromatic carbocycles. The molecule has 0 saturated heterocycles. The lowest BCUT2D eigenvalue weighted by Crippen LogP contribution is -2.25. The minimum Gasteiger partial charge on any atom is -0.482 e. The first kappa shape index (κ1) is 13.7. The van der Waals surface area contributed by atoms with Gasteiger partial charge in [0.25, 0.3) is 11.8 Å². The predicted molar refractivity (Wildman–Crippen MR) is 88.1 cm³/mol. The van der Waals surface area contributed by atoms with Gasteiger partial charge in [0.15, 0.2) is 6.61 Å². The number of nitrogens with zero attached hydrogens (tertiary/aromatic N) is 1. The van der Waals surface area contributed by atoms with Crippen molar-refractivity contribution in [3.8, 4) is 5.75 Å². The highest BCUT2D eigenvalue weighted by Gasteiger charge is 2.16. The molecular weight excluding hydrogens is 314 g/mol. The molecule has 3 aromatic rings. The Kier molecular flexibility index (Phi) is 3.20. The molecule has 0 saturated carbocycles. The Balaban J connectivity index is 1.57. The zero-order valence-electron chi connectivity index (χ0n) is 11.8. The second-order valence-corrected chi connectivity index (χ2v) is 5.92. The average molecular weight is 325 g/mol. The van der Waals surface area contributed by atoms with Gasteiger partial charge in [-0.05, 0) is 30.3 Å². The fourth-order valence-electron chi connectivity index (χ4n) is 2.35. The molecule has 2 amide bonds. The number of hydrogen-bond donors (Lipinski definition) is 2. The second kappa shape index (κ2) is 5.36. The van der Waals surface area contributed by atoms with Gasteiger partial charge in [0, 0.05) is 17.3 Å². The number of rotatable bonds is 2. The smallest absolute Gasteiger partial charge is 0.262 e. The van der Waals surface area contributed by atoms with Crippen LogP contribution < -0.4 is 15.4 Å². The van der Waals surface area contributed by atoms with Crippen LogP contribution in [-0.4, -0.2) is 23.4 Å². The maximum atomic E-state index is 12.4. The van der Waals surface area contributed by atoms with Gasteiger partial charge in [-0.15, -0.1) is 11.3 Å². The third kappa shape index (κ3) is 2.62. The highest BCUT2D eigenvalue weighted by Crippen LogP contribution is 2.30. The topological polar surface area (TPSA) is 80.3 Å². The van der Waals surface area contributed by atoms with Crippen LogP contribution in [0.3, 0.4) is 0 Å². The van der Waals surface area contributed by atoms with Gasteiger partial charge >= 0.3 is 0 Å². The van der Waals surface area contributed by atoms with Crippen molar-refractivity contribution in [3.63, 3.8) is 0 Å². The highest BCUT2D eigenvalue weighted by atomic mass is 32.1. The van der Waals surface area contributed by atoms with Crippen LogP contribution in [0.4, 0.5) is 11.4 Å². The van der Waals surface area contributed by atoms with Gasteiger partial charge in [-0.2, -0.15) is 0 Å². The summed E-state index contributed by atoms with van der Waals surface area (Å²) >= 11 is 1.49. The molecule has 0 atom stereocenters. The van der Waals surface area contributed by atoms with E-state index in [4.69, 9.17) is 4.74 Å². The lowest BCUT2D eigenvalue weighted by Gasteiger charge is -2.18. The van der Waals surface area contributed by atoms with Crippen LogP contribution in [0, 0.1) is 0 Å². The van der Waals surface area contributed by atoms with Crippen LogP contribution in [0.15, 0.2) is 41.9 Å². The van der Waals surface area contributed by atoms with Crippen molar-refractivity contribution in [1.29, 1.82) is 0 Å². The normalized spacial score (nSPS) is 13.1. The van der Waals surface area contributed by atoms with E-state index in [1.807, 2.05) is 12.1 Å². The van der Waals surface area contributed by atoms with E-state index >= 15 is 0 Å². The van der Waals surface area contributed by atoms with E-state index in [1.165, 1.54) is 11.3 Å². The van der Waals surface area contributed by atoms with E-state index in [0.29, 0.717) is 22.7 Å². The summed E-state index contributed by atoms with van der Waals surface area (Å²) in [6.07, 6.45) is 0. The zero-order valence-corrected chi connectivity index (χ0v) is 12.6. The second-order valence-electron chi connectivity index (χ2n) is 5.04. The standard InChI is InChI=1S/C16H11N3O3S/c20-15-7-22-13-6-10(2-4-11(13)19-15)18-16(21)9-1-3-12-14(5-9)23-8-17-12/h1-6,8H,7H2,(H,18,21)(H,19,20). The fourth-order valence-corrected chi connectivity index (χ4v) is 3.07. The molecule has 0 fully saturated rings. The summed E-state index contributed by atoms with van der Waals surface area (Å²) < 4.78 is 6.31. The van der Waals surface area contributed by atoms with E-state index in [2.05, 4.69) is 15.6 Å². The lowest BCUT2D eigenvalue weighted by atomic mass is 10.2. The number of anilines is 2. The van der Waals surface area contributed by atoms with Crippen molar-refractivity contribution < 1.29 is 14.3 Å².